The Morgan fingerprint density at radius 3 is 2.47 bits per heavy atom. The summed E-state index contributed by atoms with van der Waals surface area (Å²) in [6, 6.07) is 0. The minimum atomic E-state index is -0.321. The van der Waals surface area contributed by atoms with E-state index in [9.17, 15) is 5.11 Å². The first-order valence-electron chi connectivity index (χ1n) is 6.33. The third kappa shape index (κ3) is 1.71. The van der Waals surface area contributed by atoms with Crippen LogP contribution in [0.5, 0.6) is 0 Å². The van der Waals surface area contributed by atoms with Crippen molar-refractivity contribution in [3.05, 3.63) is 0 Å². The minimum Gasteiger partial charge on any atom is -0.390 e. The van der Waals surface area contributed by atoms with Crippen molar-refractivity contribution < 1.29 is 14.6 Å². The van der Waals surface area contributed by atoms with E-state index in [0.717, 1.165) is 32.1 Å². The Hall–Kier alpha value is -0.120. The first-order valence-corrected chi connectivity index (χ1v) is 6.33. The van der Waals surface area contributed by atoms with Crippen LogP contribution in [-0.2, 0) is 9.47 Å². The standard InChI is InChI=1S/C12H20O3/c13-9-5-4-6-10-11(9)15-12(14-10)7-2-1-3-8-12/h9-11,13H,1-8H2. The van der Waals surface area contributed by atoms with Crippen molar-refractivity contribution in [3.63, 3.8) is 0 Å². The van der Waals surface area contributed by atoms with Crippen LogP contribution in [0.1, 0.15) is 51.4 Å². The second kappa shape index (κ2) is 3.72. The molecule has 1 heterocycles. The van der Waals surface area contributed by atoms with Crippen LogP contribution in [0.4, 0.5) is 0 Å². The van der Waals surface area contributed by atoms with E-state index in [1.54, 1.807) is 0 Å². The van der Waals surface area contributed by atoms with Crippen molar-refractivity contribution in [2.45, 2.75) is 75.5 Å². The lowest BCUT2D eigenvalue weighted by Gasteiger charge is -2.32. The smallest absolute Gasteiger partial charge is 0.169 e. The van der Waals surface area contributed by atoms with E-state index in [2.05, 4.69) is 0 Å². The van der Waals surface area contributed by atoms with Gasteiger partial charge in [0.05, 0.1) is 12.2 Å². The van der Waals surface area contributed by atoms with Crippen LogP contribution in [-0.4, -0.2) is 29.2 Å². The zero-order chi connectivity index (χ0) is 10.3. The summed E-state index contributed by atoms with van der Waals surface area (Å²) < 4.78 is 12.1. The number of rotatable bonds is 0. The molecule has 86 valence electrons. The Balaban J connectivity index is 1.74. The van der Waals surface area contributed by atoms with Crippen molar-refractivity contribution in [1.82, 2.24) is 0 Å². The highest BCUT2D eigenvalue weighted by atomic mass is 16.8. The number of ether oxygens (including phenoxy) is 2. The molecule has 1 aliphatic heterocycles. The predicted molar refractivity (Wildman–Crippen MR) is 55.4 cm³/mol. The van der Waals surface area contributed by atoms with Crippen molar-refractivity contribution in [2.75, 3.05) is 0 Å². The molecule has 3 rings (SSSR count). The Bertz CT molecular complexity index is 235. The Morgan fingerprint density at radius 1 is 0.933 bits per heavy atom. The fourth-order valence-corrected chi connectivity index (χ4v) is 3.26. The van der Waals surface area contributed by atoms with E-state index in [0.29, 0.717) is 0 Å². The second-order valence-electron chi connectivity index (χ2n) is 5.21. The van der Waals surface area contributed by atoms with Gasteiger partial charge in [-0.3, -0.25) is 0 Å². The van der Waals surface area contributed by atoms with Crippen molar-refractivity contribution >= 4 is 0 Å². The van der Waals surface area contributed by atoms with Crippen LogP contribution in [0.2, 0.25) is 0 Å². The molecule has 0 aromatic rings. The summed E-state index contributed by atoms with van der Waals surface area (Å²) in [5.41, 5.74) is 0. The number of aliphatic hydroxyl groups is 1. The summed E-state index contributed by atoms with van der Waals surface area (Å²) in [5, 5.41) is 9.89. The number of hydrogen-bond donors (Lipinski definition) is 1. The molecule has 1 N–H and O–H groups in total. The van der Waals surface area contributed by atoms with E-state index in [1.165, 1.54) is 19.3 Å². The SMILES string of the molecule is OC1CCCC2OC3(CCCCC3)OC12. The maximum Gasteiger partial charge on any atom is 0.169 e. The van der Waals surface area contributed by atoms with Crippen molar-refractivity contribution in [3.8, 4) is 0 Å². The summed E-state index contributed by atoms with van der Waals surface area (Å²) in [4.78, 5) is 0. The highest BCUT2D eigenvalue weighted by molar-refractivity contribution is 4.93. The normalized spacial score (nSPS) is 44.2. The number of hydrogen-bond acceptors (Lipinski definition) is 3. The number of aliphatic hydroxyl groups excluding tert-OH is 1. The molecule has 3 heteroatoms. The van der Waals surface area contributed by atoms with Crippen LogP contribution in [0.3, 0.4) is 0 Å². The van der Waals surface area contributed by atoms with E-state index < -0.39 is 0 Å². The molecule has 3 unspecified atom stereocenters. The Labute approximate surface area is 90.8 Å². The molecular formula is C12H20O3. The van der Waals surface area contributed by atoms with Crippen molar-refractivity contribution in [2.24, 2.45) is 0 Å². The fourth-order valence-electron chi connectivity index (χ4n) is 3.26. The minimum absolute atomic E-state index is 0.0446. The molecule has 0 bridgehead atoms. The molecule has 0 amide bonds. The molecule has 15 heavy (non-hydrogen) atoms. The third-order valence-electron chi connectivity index (χ3n) is 4.07. The maximum atomic E-state index is 9.89. The summed E-state index contributed by atoms with van der Waals surface area (Å²) in [7, 11) is 0. The average molecular weight is 212 g/mol. The largest absolute Gasteiger partial charge is 0.390 e. The van der Waals surface area contributed by atoms with Gasteiger partial charge in [0.15, 0.2) is 5.79 Å². The summed E-state index contributed by atoms with van der Waals surface area (Å²) >= 11 is 0. The van der Waals surface area contributed by atoms with Gasteiger partial charge in [-0.25, -0.2) is 0 Å². The summed E-state index contributed by atoms with van der Waals surface area (Å²) in [6.07, 6.45) is 8.57. The van der Waals surface area contributed by atoms with Gasteiger partial charge in [-0.15, -0.1) is 0 Å². The van der Waals surface area contributed by atoms with Crippen molar-refractivity contribution in [1.29, 1.82) is 0 Å². The molecule has 1 spiro atoms. The fraction of sp³-hybridized carbons (Fsp3) is 1.00. The van der Waals surface area contributed by atoms with Gasteiger partial charge in [0.25, 0.3) is 0 Å². The van der Waals surface area contributed by atoms with Gasteiger partial charge in [-0.05, 0) is 32.1 Å². The average Bonchev–Trinajstić information content (AvgIpc) is 2.59. The second-order valence-corrected chi connectivity index (χ2v) is 5.21. The molecule has 3 aliphatic rings. The molecule has 3 atom stereocenters. The van der Waals surface area contributed by atoms with Crippen LogP contribution in [0.25, 0.3) is 0 Å². The molecule has 1 saturated heterocycles. The Morgan fingerprint density at radius 2 is 1.73 bits per heavy atom. The van der Waals surface area contributed by atoms with Crippen LogP contribution < -0.4 is 0 Å². The van der Waals surface area contributed by atoms with Gasteiger partial charge in [0.2, 0.25) is 0 Å². The molecule has 2 saturated carbocycles. The van der Waals surface area contributed by atoms with E-state index in [4.69, 9.17) is 9.47 Å². The first-order chi connectivity index (χ1) is 7.29. The molecule has 0 aromatic carbocycles. The maximum absolute atomic E-state index is 9.89. The molecule has 2 aliphatic carbocycles. The van der Waals surface area contributed by atoms with Gasteiger partial charge in [0, 0.05) is 12.8 Å². The zero-order valence-electron chi connectivity index (χ0n) is 9.15. The monoisotopic (exact) mass is 212 g/mol. The summed E-state index contributed by atoms with van der Waals surface area (Å²) in [5.74, 6) is -0.321. The van der Waals surface area contributed by atoms with Gasteiger partial charge in [-0.1, -0.05) is 6.42 Å². The molecule has 3 fully saturated rings. The predicted octanol–water partition coefficient (Wildman–Crippen LogP) is 1.98. The highest BCUT2D eigenvalue weighted by Gasteiger charge is 2.51. The quantitative estimate of drug-likeness (QED) is 0.667. The molecule has 0 aromatic heterocycles. The summed E-state index contributed by atoms with van der Waals surface area (Å²) in [6.45, 7) is 0. The van der Waals surface area contributed by atoms with Gasteiger partial charge < -0.3 is 14.6 Å². The van der Waals surface area contributed by atoms with E-state index in [1.807, 2.05) is 0 Å². The first kappa shape index (κ1) is 10.1. The van der Waals surface area contributed by atoms with Gasteiger partial charge >= 0.3 is 0 Å². The van der Waals surface area contributed by atoms with Crippen LogP contribution >= 0.6 is 0 Å². The third-order valence-corrected chi connectivity index (χ3v) is 4.07. The lowest BCUT2D eigenvalue weighted by Crippen LogP contribution is -2.39. The van der Waals surface area contributed by atoms with E-state index >= 15 is 0 Å². The van der Waals surface area contributed by atoms with Gasteiger partial charge in [0.1, 0.15) is 6.10 Å². The zero-order valence-corrected chi connectivity index (χ0v) is 9.15. The molecule has 0 radical (unpaired) electrons. The van der Waals surface area contributed by atoms with Crippen LogP contribution in [0, 0.1) is 0 Å². The van der Waals surface area contributed by atoms with Gasteiger partial charge in [-0.2, -0.15) is 0 Å². The van der Waals surface area contributed by atoms with Crippen LogP contribution in [0.15, 0.2) is 0 Å². The lowest BCUT2D eigenvalue weighted by molar-refractivity contribution is -0.198. The highest BCUT2D eigenvalue weighted by Crippen LogP contribution is 2.44. The lowest BCUT2D eigenvalue weighted by atomic mass is 9.92. The molecular weight excluding hydrogens is 192 g/mol. The topological polar surface area (TPSA) is 38.7 Å². The Kier molecular flexibility index (Phi) is 2.49. The number of fused-ring (bicyclic) bond motifs is 1. The van der Waals surface area contributed by atoms with E-state index in [-0.39, 0.29) is 24.1 Å². The molecule has 3 nitrogen and oxygen atoms in total.